The number of nitrogens with one attached hydrogen (secondary N) is 1. The van der Waals surface area contributed by atoms with Crippen molar-refractivity contribution in [3.8, 4) is 0 Å². The van der Waals surface area contributed by atoms with Crippen molar-refractivity contribution in [2.45, 2.75) is 10.7 Å². The number of halogens is 2. The number of anilines is 1. The Morgan fingerprint density at radius 3 is 2.67 bits per heavy atom. The third-order valence-corrected chi connectivity index (χ3v) is 3.49. The molecule has 0 saturated carbocycles. The van der Waals surface area contributed by atoms with Gasteiger partial charge in [0.15, 0.2) is 0 Å². The molecule has 112 valence electrons. The summed E-state index contributed by atoms with van der Waals surface area (Å²) in [6.45, 7) is -0.441. The number of β-amino-alcohol motifs (C(OH)–C–C–N with tert-alkyl or cyclic N) is 1. The number of imide groups is 1. The Balaban J connectivity index is 2.18. The van der Waals surface area contributed by atoms with E-state index in [0.29, 0.717) is 17.4 Å². The van der Waals surface area contributed by atoms with Gasteiger partial charge in [-0.25, -0.2) is 0 Å². The van der Waals surface area contributed by atoms with Crippen LogP contribution in [0.15, 0.2) is 40.9 Å². The van der Waals surface area contributed by atoms with Crippen LogP contribution < -0.4 is 5.32 Å². The van der Waals surface area contributed by atoms with E-state index >= 15 is 0 Å². The Hall–Kier alpha value is -1.93. The number of aliphatic hydroxyl groups is 1. The summed E-state index contributed by atoms with van der Waals surface area (Å²) in [6.07, 6.45) is 1.09. The highest BCUT2D eigenvalue weighted by Gasteiger charge is 2.30. The lowest BCUT2D eigenvalue weighted by Crippen LogP contribution is -2.34. The Kier molecular flexibility index (Phi) is 4.92. The summed E-state index contributed by atoms with van der Waals surface area (Å²) < 4.78 is 25.0. The molecule has 0 fully saturated rings. The van der Waals surface area contributed by atoms with Crippen LogP contribution in [0.2, 0.25) is 0 Å². The first-order valence-electron chi connectivity index (χ1n) is 6.02. The van der Waals surface area contributed by atoms with Crippen molar-refractivity contribution in [3.05, 3.63) is 36.0 Å². The summed E-state index contributed by atoms with van der Waals surface area (Å²) in [6, 6.07) is 6.26. The molecule has 1 heterocycles. The molecule has 0 radical (unpaired) electrons. The van der Waals surface area contributed by atoms with Gasteiger partial charge in [-0.05, 0) is 12.1 Å². The Morgan fingerprint density at radius 1 is 1.29 bits per heavy atom. The molecule has 5 nitrogen and oxygen atoms in total. The summed E-state index contributed by atoms with van der Waals surface area (Å²) in [5.41, 5.74) is 0.316. The third-order valence-electron chi connectivity index (χ3n) is 2.71. The van der Waals surface area contributed by atoms with Crippen LogP contribution in [0.3, 0.4) is 0 Å². The second kappa shape index (κ2) is 6.68. The number of nitrogens with zero attached hydrogens (tertiary/aromatic N) is 1. The number of carbonyl (C=O) groups excluding carboxylic acids is 2. The number of amides is 2. The van der Waals surface area contributed by atoms with E-state index in [-0.39, 0.29) is 23.7 Å². The van der Waals surface area contributed by atoms with E-state index in [9.17, 15) is 18.4 Å². The molecule has 0 bridgehead atoms. The maximum atomic E-state index is 12.5. The van der Waals surface area contributed by atoms with Crippen LogP contribution in [0.5, 0.6) is 0 Å². The molecule has 0 aromatic heterocycles. The molecular weight excluding hydrogens is 302 g/mol. The lowest BCUT2D eigenvalue weighted by molar-refractivity contribution is -0.137. The van der Waals surface area contributed by atoms with Crippen molar-refractivity contribution in [1.29, 1.82) is 0 Å². The van der Waals surface area contributed by atoms with Crippen molar-refractivity contribution in [2.75, 3.05) is 18.5 Å². The minimum atomic E-state index is -2.59. The highest BCUT2D eigenvalue weighted by Crippen LogP contribution is 2.32. The van der Waals surface area contributed by atoms with Gasteiger partial charge >= 0.3 is 0 Å². The molecule has 8 heteroatoms. The minimum absolute atomic E-state index is 0.00392. The fourth-order valence-electron chi connectivity index (χ4n) is 1.82. The number of thioether (sulfide) groups is 1. The molecule has 0 aliphatic carbocycles. The molecular formula is C13H12F2N2O3S. The van der Waals surface area contributed by atoms with E-state index in [0.717, 1.165) is 11.0 Å². The highest BCUT2D eigenvalue weighted by molar-refractivity contribution is 7.99. The lowest BCUT2D eigenvalue weighted by atomic mass is 10.3. The van der Waals surface area contributed by atoms with E-state index in [4.69, 9.17) is 5.11 Å². The van der Waals surface area contributed by atoms with Crippen LogP contribution in [0.4, 0.5) is 14.5 Å². The van der Waals surface area contributed by atoms with Gasteiger partial charge in [0, 0.05) is 11.0 Å². The average molecular weight is 314 g/mol. The predicted molar refractivity (Wildman–Crippen MR) is 73.8 cm³/mol. The highest BCUT2D eigenvalue weighted by atomic mass is 32.2. The van der Waals surface area contributed by atoms with E-state index in [1.807, 2.05) is 0 Å². The molecule has 2 N–H and O–H groups in total. The maximum Gasteiger partial charge on any atom is 0.288 e. The van der Waals surface area contributed by atoms with Gasteiger partial charge in [-0.1, -0.05) is 23.9 Å². The maximum absolute atomic E-state index is 12.5. The number of hydrogen-bond acceptors (Lipinski definition) is 5. The molecule has 0 spiro atoms. The lowest BCUT2D eigenvalue weighted by Gasteiger charge is -2.14. The monoisotopic (exact) mass is 314 g/mol. The smallest absolute Gasteiger partial charge is 0.288 e. The molecule has 1 aliphatic rings. The second-order valence-electron chi connectivity index (χ2n) is 4.08. The summed E-state index contributed by atoms with van der Waals surface area (Å²) in [4.78, 5) is 24.7. The van der Waals surface area contributed by atoms with Gasteiger partial charge in [-0.2, -0.15) is 8.78 Å². The topological polar surface area (TPSA) is 69.6 Å². The largest absolute Gasteiger partial charge is 0.395 e. The molecule has 1 aromatic carbocycles. The zero-order valence-corrected chi connectivity index (χ0v) is 11.6. The molecule has 2 rings (SSSR count). The SMILES string of the molecule is O=C1C=C(Nc2ccccc2SC(F)F)C(=O)N1CCO. The average Bonchev–Trinajstić information content (AvgIpc) is 2.69. The van der Waals surface area contributed by atoms with Crippen LogP contribution in [0.1, 0.15) is 0 Å². The van der Waals surface area contributed by atoms with Gasteiger partial charge < -0.3 is 10.4 Å². The van der Waals surface area contributed by atoms with Gasteiger partial charge in [0.25, 0.3) is 17.6 Å². The molecule has 1 aromatic rings. The number of hydrogen-bond donors (Lipinski definition) is 2. The van der Waals surface area contributed by atoms with Gasteiger partial charge in [-0.15, -0.1) is 0 Å². The molecule has 0 atom stereocenters. The van der Waals surface area contributed by atoms with Crippen LogP contribution in [0.25, 0.3) is 0 Å². The van der Waals surface area contributed by atoms with Crippen molar-refractivity contribution in [2.24, 2.45) is 0 Å². The number of para-hydroxylation sites is 1. The standard InChI is InChI=1S/C13H12F2N2O3S/c14-13(15)21-10-4-2-1-3-8(10)16-9-7-11(19)17(5-6-18)12(9)20/h1-4,7,13,16,18H,5-6H2. The van der Waals surface area contributed by atoms with E-state index in [1.54, 1.807) is 12.1 Å². The fraction of sp³-hybridized carbons (Fsp3) is 0.231. The molecule has 2 amide bonds. The van der Waals surface area contributed by atoms with Crippen LogP contribution >= 0.6 is 11.8 Å². The first kappa shape index (κ1) is 15.5. The summed E-state index contributed by atoms with van der Waals surface area (Å²) in [7, 11) is 0. The van der Waals surface area contributed by atoms with Gasteiger partial charge in [0.2, 0.25) is 0 Å². The number of rotatable bonds is 6. The van der Waals surface area contributed by atoms with E-state index in [1.165, 1.54) is 12.1 Å². The molecule has 0 saturated heterocycles. The van der Waals surface area contributed by atoms with Crippen molar-refractivity contribution >= 4 is 29.3 Å². The number of alkyl halides is 2. The van der Waals surface area contributed by atoms with Gasteiger partial charge in [0.1, 0.15) is 5.70 Å². The zero-order valence-electron chi connectivity index (χ0n) is 10.8. The van der Waals surface area contributed by atoms with Crippen LogP contribution in [0, 0.1) is 0 Å². The van der Waals surface area contributed by atoms with Gasteiger partial charge in [0.05, 0.1) is 18.8 Å². The first-order valence-corrected chi connectivity index (χ1v) is 6.90. The quantitative estimate of drug-likeness (QED) is 0.617. The van der Waals surface area contributed by atoms with Crippen LogP contribution in [-0.2, 0) is 9.59 Å². The van der Waals surface area contributed by atoms with Crippen molar-refractivity contribution in [1.82, 2.24) is 4.90 Å². The third kappa shape index (κ3) is 3.59. The minimum Gasteiger partial charge on any atom is -0.395 e. The summed E-state index contributed by atoms with van der Waals surface area (Å²) in [5.74, 6) is -3.73. The Labute approximate surface area is 123 Å². The van der Waals surface area contributed by atoms with Crippen molar-refractivity contribution < 1.29 is 23.5 Å². The molecule has 21 heavy (non-hydrogen) atoms. The Bertz CT molecular complexity index is 593. The van der Waals surface area contributed by atoms with E-state index in [2.05, 4.69) is 5.32 Å². The predicted octanol–water partition coefficient (Wildman–Crippen LogP) is 1.66. The van der Waals surface area contributed by atoms with Crippen molar-refractivity contribution in [3.63, 3.8) is 0 Å². The first-order chi connectivity index (χ1) is 10.0. The van der Waals surface area contributed by atoms with E-state index < -0.39 is 17.6 Å². The Morgan fingerprint density at radius 2 is 2.00 bits per heavy atom. The summed E-state index contributed by atoms with van der Waals surface area (Å²) >= 11 is 0.349. The second-order valence-corrected chi connectivity index (χ2v) is 5.11. The number of benzene rings is 1. The number of carbonyl (C=O) groups is 2. The van der Waals surface area contributed by atoms with Crippen LogP contribution in [-0.4, -0.2) is 40.7 Å². The number of aliphatic hydroxyl groups excluding tert-OH is 1. The zero-order chi connectivity index (χ0) is 15.4. The summed E-state index contributed by atoms with van der Waals surface area (Å²) in [5, 5.41) is 11.5. The molecule has 0 unspecified atom stereocenters. The fourth-order valence-corrected chi connectivity index (χ4v) is 2.42. The van der Waals surface area contributed by atoms with Gasteiger partial charge in [-0.3, -0.25) is 14.5 Å². The normalized spacial score (nSPS) is 14.9. The molecule has 1 aliphatic heterocycles.